The molecule has 2 N–H and O–H groups in total. The van der Waals surface area contributed by atoms with Gasteiger partial charge in [-0.25, -0.2) is 9.59 Å². The lowest BCUT2D eigenvalue weighted by atomic mass is 10.1. The Morgan fingerprint density at radius 1 is 1.28 bits per heavy atom. The molecule has 2 rings (SSSR count). The first-order valence-corrected chi connectivity index (χ1v) is 8.13. The lowest BCUT2D eigenvalue weighted by Gasteiger charge is -2.07. The highest BCUT2D eigenvalue weighted by Gasteiger charge is 2.24. The van der Waals surface area contributed by atoms with Gasteiger partial charge in [0.25, 0.3) is 0 Å². The third kappa shape index (κ3) is 4.08. The second kappa shape index (κ2) is 8.17. The van der Waals surface area contributed by atoms with Crippen LogP contribution in [0, 0.1) is 11.3 Å². The van der Waals surface area contributed by atoms with E-state index in [-0.39, 0.29) is 34.2 Å². The van der Waals surface area contributed by atoms with Crippen LogP contribution in [0.1, 0.15) is 38.1 Å². The van der Waals surface area contributed by atoms with Gasteiger partial charge in [-0.3, -0.25) is 0 Å². The van der Waals surface area contributed by atoms with Crippen LogP contribution in [0.5, 0.6) is 5.75 Å². The molecule has 0 bridgehead atoms. The van der Waals surface area contributed by atoms with Crippen LogP contribution in [0.3, 0.4) is 0 Å². The molecule has 0 spiro atoms. The normalized spacial score (nSPS) is 9.96. The molecule has 0 fully saturated rings. The second-order valence-corrected chi connectivity index (χ2v) is 5.84. The van der Waals surface area contributed by atoms with Gasteiger partial charge in [-0.1, -0.05) is 6.07 Å². The highest BCUT2D eigenvalue weighted by molar-refractivity contribution is 7.18. The van der Waals surface area contributed by atoms with Crippen molar-refractivity contribution in [1.82, 2.24) is 0 Å². The molecule has 0 unspecified atom stereocenters. The minimum absolute atomic E-state index is 0.117. The number of rotatable bonds is 6. The summed E-state index contributed by atoms with van der Waals surface area (Å²) in [5.74, 6) is -0.699. The van der Waals surface area contributed by atoms with E-state index in [2.05, 4.69) is 0 Å². The smallest absolute Gasteiger partial charge is 0.348 e. The van der Waals surface area contributed by atoms with Crippen LogP contribution in [-0.2, 0) is 16.1 Å². The standard InChI is InChI=1S/C17H16N2O5S/c1-3-23-17(21)14-13(12(8-18)15(19)25-14)9-24-16(20)10-5-4-6-11(7-10)22-2/h4-7H,3,9,19H2,1-2H3. The average Bonchev–Trinajstić information content (AvgIpc) is 2.95. The van der Waals surface area contributed by atoms with Crippen molar-refractivity contribution in [2.45, 2.75) is 13.5 Å². The molecule has 0 aliphatic rings. The number of benzene rings is 1. The van der Waals surface area contributed by atoms with Crippen molar-refractivity contribution >= 4 is 28.3 Å². The molecule has 1 heterocycles. The van der Waals surface area contributed by atoms with Crippen LogP contribution in [0.2, 0.25) is 0 Å². The van der Waals surface area contributed by atoms with E-state index < -0.39 is 11.9 Å². The Balaban J connectivity index is 2.23. The number of carbonyl (C=O) groups excluding carboxylic acids is 2. The first-order chi connectivity index (χ1) is 12.0. The van der Waals surface area contributed by atoms with Gasteiger partial charge in [-0.15, -0.1) is 11.3 Å². The quantitative estimate of drug-likeness (QED) is 0.788. The predicted octanol–water partition coefficient (Wildman–Crippen LogP) is 2.74. The van der Waals surface area contributed by atoms with Gasteiger partial charge in [-0.2, -0.15) is 5.26 Å². The Kier molecular flexibility index (Phi) is 5.98. The number of nitriles is 1. The van der Waals surface area contributed by atoms with E-state index in [1.165, 1.54) is 13.2 Å². The Morgan fingerprint density at radius 2 is 2.04 bits per heavy atom. The summed E-state index contributed by atoms with van der Waals surface area (Å²) in [6.45, 7) is 1.59. The number of hydrogen-bond acceptors (Lipinski definition) is 8. The maximum atomic E-state index is 12.2. The number of hydrogen-bond donors (Lipinski definition) is 1. The van der Waals surface area contributed by atoms with Crippen LogP contribution in [0.4, 0.5) is 5.00 Å². The molecule has 1 aromatic carbocycles. The predicted molar refractivity (Wildman–Crippen MR) is 91.5 cm³/mol. The minimum Gasteiger partial charge on any atom is -0.497 e. The Labute approximate surface area is 148 Å². The number of nitrogen functional groups attached to an aromatic ring is 1. The largest absolute Gasteiger partial charge is 0.497 e. The Hall–Kier alpha value is -3.05. The van der Waals surface area contributed by atoms with Crippen LogP contribution in [0.25, 0.3) is 0 Å². The van der Waals surface area contributed by atoms with Gasteiger partial charge in [0.2, 0.25) is 0 Å². The summed E-state index contributed by atoms with van der Waals surface area (Å²) in [6.07, 6.45) is 0. The Morgan fingerprint density at radius 3 is 2.68 bits per heavy atom. The summed E-state index contributed by atoms with van der Waals surface area (Å²) in [5, 5.41) is 9.42. The molecule has 0 aliphatic heterocycles. The second-order valence-electron chi connectivity index (χ2n) is 4.79. The highest BCUT2D eigenvalue weighted by atomic mass is 32.1. The molecule has 7 nitrogen and oxygen atoms in total. The SMILES string of the molecule is CCOC(=O)c1sc(N)c(C#N)c1COC(=O)c1cccc(OC)c1. The molecule has 2 aromatic rings. The molecule has 1 aromatic heterocycles. The lowest BCUT2D eigenvalue weighted by molar-refractivity contribution is 0.0452. The summed E-state index contributed by atoms with van der Waals surface area (Å²) in [4.78, 5) is 24.4. The number of carbonyl (C=O) groups is 2. The zero-order valence-electron chi connectivity index (χ0n) is 13.7. The lowest BCUT2D eigenvalue weighted by Crippen LogP contribution is -2.10. The number of nitrogens with zero attached hydrogens (tertiary/aromatic N) is 1. The molecule has 25 heavy (non-hydrogen) atoms. The zero-order valence-corrected chi connectivity index (χ0v) is 14.5. The number of nitrogens with two attached hydrogens (primary N) is 1. The van der Waals surface area contributed by atoms with Gasteiger partial charge >= 0.3 is 11.9 Å². The number of methoxy groups -OCH3 is 1. The van der Waals surface area contributed by atoms with Crippen molar-refractivity contribution in [3.8, 4) is 11.8 Å². The van der Waals surface area contributed by atoms with Gasteiger partial charge in [0.1, 0.15) is 28.3 Å². The number of thiophene rings is 1. The summed E-state index contributed by atoms with van der Waals surface area (Å²) in [5.41, 5.74) is 6.43. The Bertz CT molecular complexity index is 838. The van der Waals surface area contributed by atoms with Crippen LogP contribution in [0.15, 0.2) is 24.3 Å². The van der Waals surface area contributed by atoms with E-state index in [0.717, 1.165) is 11.3 Å². The molecule has 130 valence electrons. The topological polar surface area (TPSA) is 112 Å². The molecular formula is C17H16N2O5S. The number of anilines is 1. The van der Waals surface area contributed by atoms with Crippen molar-refractivity contribution in [2.24, 2.45) is 0 Å². The summed E-state index contributed by atoms with van der Waals surface area (Å²) in [6, 6.07) is 8.39. The molecule has 0 saturated heterocycles. The first-order valence-electron chi connectivity index (χ1n) is 7.31. The van der Waals surface area contributed by atoms with Gasteiger partial charge in [0.15, 0.2) is 0 Å². The van der Waals surface area contributed by atoms with E-state index in [4.69, 9.17) is 19.9 Å². The monoisotopic (exact) mass is 360 g/mol. The third-order valence-electron chi connectivity index (χ3n) is 3.26. The van der Waals surface area contributed by atoms with Gasteiger partial charge in [0.05, 0.1) is 24.8 Å². The van der Waals surface area contributed by atoms with Crippen LogP contribution < -0.4 is 10.5 Å². The van der Waals surface area contributed by atoms with Gasteiger partial charge < -0.3 is 19.9 Å². The highest BCUT2D eigenvalue weighted by Crippen LogP contribution is 2.32. The number of ether oxygens (including phenoxy) is 3. The minimum atomic E-state index is -0.609. The summed E-state index contributed by atoms with van der Waals surface area (Å²) >= 11 is 0.937. The fourth-order valence-electron chi connectivity index (χ4n) is 2.08. The van der Waals surface area contributed by atoms with Gasteiger partial charge in [-0.05, 0) is 25.1 Å². The van der Waals surface area contributed by atoms with E-state index in [1.54, 1.807) is 25.1 Å². The molecule has 0 aliphatic carbocycles. The van der Waals surface area contributed by atoms with E-state index in [1.807, 2.05) is 6.07 Å². The van der Waals surface area contributed by atoms with Crippen molar-refractivity contribution in [3.05, 3.63) is 45.8 Å². The van der Waals surface area contributed by atoms with Crippen molar-refractivity contribution in [1.29, 1.82) is 5.26 Å². The van der Waals surface area contributed by atoms with Crippen molar-refractivity contribution in [3.63, 3.8) is 0 Å². The van der Waals surface area contributed by atoms with Crippen molar-refractivity contribution < 1.29 is 23.8 Å². The summed E-state index contributed by atoms with van der Waals surface area (Å²) < 4.78 is 15.2. The fourth-order valence-corrected chi connectivity index (χ4v) is 2.99. The molecule has 0 saturated carbocycles. The van der Waals surface area contributed by atoms with Crippen LogP contribution >= 0.6 is 11.3 Å². The fraction of sp³-hybridized carbons (Fsp3) is 0.235. The van der Waals surface area contributed by atoms with Crippen LogP contribution in [-0.4, -0.2) is 25.7 Å². The van der Waals surface area contributed by atoms with E-state index in [9.17, 15) is 14.9 Å². The zero-order chi connectivity index (χ0) is 18.4. The summed E-state index contributed by atoms with van der Waals surface area (Å²) in [7, 11) is 1.49. The third-order valence-corrected chi connectivity index (χ3v) is 4.30. The molecular weight excluding hydrogens is 344 g/mol. The molecule has 0 atom stereocenters. The average molecular weight is 360 g/mol. The van der Waals surface area contributed by atoms with E-state index in [0.29, 0.717) is 11.3 Å². The van der Waals surface area contributed by atoms with Gasteiger partial charge in [0, 0.05) is 5.56 Å². The number of esters is 2. The molecule has 0 amide bonds. The maximum absolute atomic E-state index is 12.2. The first kappa shape index (κ1) is 18.3. The van der Waals surface area contributed by atoms with Crippen molar-refractivity contribution in [2.75, 3.05) is 19.5 Å². The van der Waals surface area contributed by atoms with E-state index >= 15 is 0 Å². The molecule has 0 radical (unpaired) electrons. The molecule has 8 heteroatoms. The maximum Gasteiger partial charge on any atom is 0.348 e.